The molecule has 0 amide bonds. The van der Waals surface area contributed by atoms with Gasteiger partial charge in [0.1, 0.15) is 17.1 Å². The van der Waals surface area contributed by atoms with E-state index >= 15 is 0 Å². The van der Waals surface area contributed by atoms with Crippen LogP contribution in [0.15, 0.2) is 109 Å². The van der Waals surface area contributed by atoms with Crippen LogP contribution in [0.1, 0.15) is 22.3 Å². The van der Waals surface area contributed by atoms with E-state index < -0.39 is 0 Å². The van der Waals surface area contributed by atoms with Crippen LogP contribution < -0.4 is 0 Å². The summed E-state index contributed by atoms with van der Waals surface area (Å²) in [7, 11) is 0. The smallest absolute Gasteiger partial charge is 0.147 e. The van der Waals surface area contributed by atoms with Gasteiger partial charge >= 0.3 is 0 Å². The highest BCUT2D eigenvalue weighted by atomic mass is 16.3. The lowest BCUT2D eigenvalue weighted by atomic mass is 9.95. The van der Waals surface area contributed by atoms with Gasteiger partial charge in [-0.3, -0.25) is 4.57 Å². The van der Waals surface area contributed by atoms with Crippen molar-refractivity contribution in [1.82, 2.24) is 19.5 Å². The minimum Gasteiger partial charge on any atom is -0.506 e. The van der Waals surface area contributed by atoms with Crippen molar-refractivity contribution in [2.45, 2.75) is 27.7 Å². The lowest BCUT2D eigenvalue weighted by Crippen LogP contribution is -1.99. The van der Waals surface area contributed by atoms with Gasteiger partial charge in [0.05, 0.1) is 22.2 Å². The van der Waals surface area contributed by atoms with Gasteiger partial charge in [0.25, 0.3) is 0 Å². The highest BCUT2D eigenvalue weighted by Gasteiger charge is 2.21. The molecule has 0 saturated heterocycles. The number of H-pyrrole nitrogens is 1. The number of rotatable bonds is 4. The molecule has 3 heterocycles. The summed E-state index contributed by atoms with van der Waals surface area (Å²) in [5.74, 6) is 1.01. The van der Waals surface area contributed by atoms with Crippen molar-refractivity contribution in [2.24, 2.45) is 0 Å². The summed E-state index contributed by atoms with van der Waals surface area (Å²) in [5, 5.41) is 13.1. The number of nitrogens with one attached hydrogen (secondary N) is 1. The quantitative estimate of drug-likeness (QED) is 0.216. The number of aromatic hydroxyl groups is 1. The van der Waals surface area contributed by atoms with Gasteiger partial charge in [0.2, 0.25) is 0 Å². The fraction of sp³-hybridized carbons (Fsp3) is 0.100. The molecular weight excluding hydrogens is 552 g/mol. The van der Waals surface area contributed by atoms with Gasteiger partial charge in [-0.1, -0.05) is 71.8 Å². The Balaban J connectivity index is 1.46. The Morgan fingerprint density at radius 2 is 1.31 bits per heavy atom. The third kappa shape index (κ3) is 4.47. The fourth-order valence-corrected chi connectivity index (χ4v) is 6.84. The number of aromatic nitrogens is 4. The molecule has 0 bridgehead atoms. The second-order valence-electron chi connectivity index (χ2n) is 12.1. The first-order valence-corrected chi connectivity index (χ1v) is 15.2. The molecule has 8 aromatic rings. The summed E-state index contributed by atoms with van der Waals surface area (Å²) in [6, 6.07) is 35.7. The van der Waals surface area contributed by atoms with Crippen LogP contribution in [0.4, 0.5) is 0 Å². The topological polar surface area (TPSA) is 66.7 Å². The highest BCUT2D eigenvalue weighted by Crippen LogP contribution is 2.40. The molecule has 2 N–H and O–H groups in total. The van der Waals surface area contributed by atoms with E-state index in [0.717, 1.165) is 66.8 Å². The summed E-state index contributed by atoms with van der Waals surface area (Å²) in [6.07, 6.45) is 1.98. The van der Waals surface area contributed by atoms with Crippen LogP contribution in [-0.4, -0.2) is 24.6 Å². The molecule has 0 spiro atoms. The van der Waals surface area contributed by atoms with Crippen LogP contribution in [0.25, 0.3) is 72.3 Å². The third-order valence-electron chi connectivity index (χ3n) is 8.60. The SMILES string of the molecule is Cc1cc(C)cc(-c2cc(-c3cccc4c3nc(-c3cccc5cc[nH]c35)n4-c3cc(C)cc(C)c3)nc3c(O)cccc23)c1. The molecule has 0 aliphatic carbocycles. The highest BCUT2D eigenvalue weighted by molar-refractivity contribution is 6.03. The van der Waals surface area contributed by atoms with E-state index in [1.165, 1.54) is 22.3 Å². The zero-order chi connectivity index (χ0) is 30.8. The van der Waals surface area contributed by atoms with Crippen LogP contribution in [0.5, 0.6) is 5.75 Å². The number of phenolic OH excluding ortho intramolecular Hbond substituents is 1. The lowest BCUT2D eigenvalue weighted by Gasteiger charge is -2.14. The zero-order valence-corrected chi connectivity index (χ0v) is 25.7. The summed E-state index contributed by atoms with van der Waals surface area (Å²) < 4.78 is 2.26. The molecule has 0 radical (unpaired) electrons. The van der Waals surface area contributed by atoms with Gasteiger partial charge in [-0.05, 0) is 92.4 Å². The van der Waals surface area contributed by atoms with Crippen molar-refractivity contribution in [3.63, 3.8) is 0 Å². The maximum atomic E-state index is 11.0. The average Bonchev–Trinajstić information content (AvgIpc) is 3.65. The fourth-order valence-electron chi connectivity index (χ4n) is 6.84. The Bertz CT molecular complexity index is 2410. The van der Waals surface area contributed by atoms with Gasteiger partial charge in [-0.15, -0.1) is 0 Å². The van der Waals surface area contributed by atoms with E-state index in [-0.39, 0.29) is 5.75 Å². The van der Waals surface area contributed by atoms with Crippen LogP contribution in [-0.2, 0) is 0 Å². The number of benzene rings is 5. The second-order valence-corrected chi connectivity index (χ2v) is 12.1. The molecule has 0 saturated carbocycles. The molecule has 3 aromatic heterocycles. The molecule has 0 aliphatic rings. The number of aromatic amines is 1. The maximum Gasteiger partial charge on any atom is 0.147 e. The predicted octanol–water partition coefficient (Wildman–Crippen LogP) is 10.00. The molecule has 45 heavy (non-hydrogen) atoms. The summed E-state index contributed by atoms with van der Waals surface area (Å²) in [4.78, 5) is 13.9. The first-order valence-electron chi connectivity index (χ1n) is 15.2. The van der Waals surface area contributed by atoms with E-state index in [1.54, 1.807) is 6.07 Å². The molecular formula is C40H32N4O. The number of hydrogen-bond acceptors (Lipinski definition) is 3. The molecule has 5 heteroatoms. The number of fused-ring (bicyclic) bond motifs is 3. The first-order chi connectivity index (χ1) is 21.8. The van der Waals surface area contributed by atoms with Crippen molar-refractivity contribution in [1.29, 1.82) is 0 Å². The monoisotopic (exact) mass is 584 g/mol. The minimum absolute atomic E-state index is 0.159. The van der Waals surface area contributed by atoms with E-state index in [0.29, 0.717) is 5.52 Å². The maximum absolute atomic E-state index is 11.0. The molecule has 0 fully saturated rings. The van der Waals surface area contributed by atoms with Crippen molar-refractivity contribution in [3.05, 3.63) is 132 Å². The van der Waals surface area contributed by atoms with Gasteiger partial charge in [0, 0.05) is 33.8 Å². The van der Waals surface area contributed by atoms with Gasteiger partial charge < -0.3 is 10.1 Å². The Kier molecular flexibility index (Phi) is 6.10. The Morgan fingerprint density at radius 3 is 2.09 bits per heavy atom. The van der Waals surface area contributed by atoms with Gasteiger partial charge in [-0.25, -0.2) is 9.97 Å². The standard InChI is InChI=1S/C40H32N4O/c1-23-16-24(2)19-28(18-23)33-22-34(42-39-30(33)9-7-13-36(39)45)31-10-6-12-35-38(31)43-40(32-11-5-8-27-14-15-41-37(27)32)44(35)29-20-25(3)17-26(4)21-29/h5-22,41,45H,1-4H3. The Morgan fingerprint density at radius 1 is 0.622 bits per heavy atom. The van der Waals surface area contributed by atoms with Crippen molar-refractivity contribution in [3.8, 4) is 45.2 Å². The number of hydrogen-bond donors (Lipinski definition) is 2. The molecule has 0 aliphatic heterocycles. The van der Waals surface area contributed by atoms with Crippen LogP contribution >= 0.6 is 0 Å². The lowest BCUT2D eigenvalue weighted by molar-refractivity contribution is 0.480. The number of nitrogens with zero attached hydrogens (tertiary/aromatic N) is 3. The van der Waals surface area contributed by atoms with Crippen molar-refractivity contribution in [2.75, 3.05) is 0 Å². The van der Waals surface area contributed by atoms with E-state index in [9.17, 15) is 5.11 Å². The largest absolute Gasteiger partial charge is 0.506 e. The molecule has 0 atom stereocenters. The molecule has 5 nitrogen and oxygen atoms in total. The van der Waals surface area contributed by atoms with Gasteiger partial charge in [0.15, 0.2) is 0 Å². The Labute approximate surface area is 261 Å². The number of pyridine rings is 1. The molecule has 5 aromatic carbocycles. The number of phenols is 1. The van der Waals surface area contributed by atoms with Crippen LogP contribution in [0, 0.1) is 27.7 Å². The van der Waals surface area contributed by atoms with Crippen LogP contribution in [0.2, 0.25) is 0 Å². The number of para-hydroxylation sites is 3. The predicted molar refractivity (Wildman–Crippen MR) is 185 cm³/mol. The van der Waals surface area contributed by atoms with E-state index in [2.05, 4.69) is 122 Å². The summed E-state index contributed by atoms with van der Waals surface area (Å²) in [5.41, 5.74) is 14.1. The second kappa shape index (κ2) is 10.2. The van der Waals surface area contributed by atoms with Crippen molar-refractivity contribution < 1.29 is 5.11 Å². The summed E-state index contributed by atoms with van der Waals surface area (Å²) >= 11 is 0. The normalized spacial score (nSPS) is 11.6. The molecule has 0 unspecified atom stereocenters. The van der Waals surface area contributed by atoms with E-state index in [4.69, 9.17) is 9.97 Å². The van der Waals surface area contributed by atoms with Crippen LogP contribution in [0.3, 0.4) is 0 Å². The summed E-state index contributed by atoms with van der Waals surface area (Å²) in [6.45, 7) is 8.49. The number of imidazole rings is 1. The molecule has 8 rings (SSSR count). The molecule has 218 valence electrons. The average molecular weight is 585 g/mol. The van der Waals surface area contributed by atoms with Crippen molar-refractivity contribution >= 4 is 32.8 Å². The van der Waals surface area contributed by atoms with Gasteiger partial charge in [-0.2, -0.15) is 0 Å². The minimum atomic E-state index is 0.159. The Hall–Kier alpha value is -5.68. The zero-order valence-electron chi connectivity index (χ0n) is 25.7. The number of aryl methyl sites for hydroxylation is 4. The first kappa shape index (κ1) is 26.9. The third-order valence-corrected chi connectivity index (χ3v) is 8.60. The van der Waals surface area contributed by atoms with E-state index in [1.807, 2.05) is 18.3 Å².